The molecule has 1 aliphatic heterocycles. The van der Waals surface area contributed by atoms with Crippen molar-refractivity contribution in [2.24, 2.45) is 0 Å². The van der Waals surface area contributed by atoms with Gasteiger partial charge in [0.25, 0.3) is 0 Å². The molecular formula is C25H24F4N8. The van der Waals surface area contributed by atoms with Crippen LogP contribution in [0, 0.1) is 5.82 Å². The maximum absolute atomic E-state index is 13.8. The number of imidazole rings is 1. The summed E-state index contributed by atoms with van der Waals surface area (Å²) in [6, 6.07) is 8.49. The smallest absolute Gasteiger partial charge is 0.396 e. The van der Waals surface area contributed by atoms with Crippen molar-refractivity contribution in [1.82, 2.24) is 24.5 Å². The number of anilines is 3. The van der Waals surface area contributed by atoms with Gasteiger partial charge in [-0.15, -0.1) is 0 Å². The van der Waals surface area contributed by atoms with Gasteiger partial charge in [0.15, 0.2) is 0 Å². The summed E-state index contributed by atoms with van der Waals surface area (Å²) in [5.41, 5.74) is 6.19. The Labute approximate surface area is 210 Å². The van der Waals surface area contributed by atoms with Crippen LogP contribution >= 0.6 is 0 Å². The fourth-order valence-electron chi connectivity index (χ4n) is 4.34. The molecule has 1 aromatic carbocycles. The van der Waals surface area contributed by atoms with Crippen LogP contribution < -0.4 is 15.5 Å². The molecule has 0 unspecified atom stereocenters. The molecule has 4 aromatic rings. The van der Waals surface area contributed by atoms with Gasteiger partial charge in [0.05, 0.1) is 16.9 Å². The zero-order valence-corrected chi connectivity index (χ0v) is 20.0. The van der Waals surface area contributed by atoms with Crippen LogP contribution in [0.1, 0.15) is 18.3 Å². The molecule has 4 heterocycles. The maximum Gasteiger partial charge on any atom is 0.419 e. The van der Waals surface area contributed by atoms with Gasteiger partial charge >= 0.3 is 6.18 Å². The SMILES string of the molecule is CCc1nccn1-c1nc(-c2ccc(F)c(N)c2)cc(N2CCN(c3ncccc3C(F)(F)F)CC2)n1. The van der Waals surface area contributed by atoms with Crippen LogP contribution in [-0.4, -0.2) is 50.7 Å². The van der Waals surface area contributed by atoms with E-state index in [1.807, 2.05) is 11.8 Å². The second-order valence-corrected chi connectivity index (χ2v) is 8.56. The second-order valence-electron chi connectivity index (χ2n) is 8.56. The van der Waals surface area contributed by atoms with Crippen molar-refractivity contribution in [3.05, 3.63) is 72.2 Å². The van der Waals surface area contributed by atoms with E-state index in [1.165, 1.54) is 24.4 Å². The molecule has 5 rings (SSSR count). The Bertz CT molecular complexity index is 1410. The lowest BCUT2D eigenvalue weighted by molar-refractivity contribution is -0.137. The molecule has 8 nitrogen and oxygen atoms in total. The van der Waals surface area contributed by atoms with Crippen molar-refractivity contribution >= 4 is 17.3 Å². The Kier molecular flexibility index (Phi) is 6.40. The third-order valence-corrected chi connectivity index (χ3v) is 6.24. The summed E-state index contributed by atoms with van der Waals surface area (Å²) in [7, 11) is 0. The number of hydrogen-bond donors (Lipinski definition) is 1. The van der Waals surface area contributed by atoms with E-state index < -0.39 is 17.6 Å². The summed E-state index contributed by atoms with van der Waals surface area (Å²) in [5.74, 6) is 1.14. The Morgan fingerprint density at radius 1 is 0.946 bits per heavy atom. The number of hydrogen-bond acceptors (Lipinski definition) is 7. The molecule has 0 bridgehead atoms. The summed E-state index contributed by atoms with van der Waals surface area (Å²) in [6.45, 7) is 3.45. The van der Waals surface area contributed by atoms with E-state index in [0.717, 1.165) is 11.9 Å². The third-order valence-electron chi connectivity index (χ3n) is 6.24. The van der Waals surface area contributed by atoms with Gasteiger partial charge in [-0.05, 0) is 30.3 Å². The zero-order valence-electron chi connectivity index (χ0n) is 20.0. The Hall–Kier alpha value is -4.22. The first-order valence-corrected chi connectivity index (χ1v) is 11.7. The third kappa shape index (κ3) is 4.91. The first-order chi connectivity index (χ1) is 17.7. The molecule has 192 valence electrons. The van der Waals surface area contributed by atoms with Crippen molar-refractivity contribution in [1.29, 1.82) is 0 Å². The van der Waals surface area contributed by atoms with Crippen LogP contribution in [0.4, 0.5) is 34.9 Å². The average molecular weight is 513 g/mol. The summed E-state index contributed by atoms with van der Waals surface area (Å²) in [4.78, 5) is 21.4. The monoisotopic (exact) mass is 512 g/mol. The van der Waals surface area contributed by atoms with E-state index >= 15 is 0 Å². The number of pyridine rings is 1. The van der Waals surface area contributed by atoms with Crippen molar-refractivity contribution in [2.45, 2.75) is 19.5 Å². The van der Waals surface area contributed by atoms with Gasteiger partial charge in [-0.1, -0.05) is 6.92 Å². The van der Waals surface area contributed by atoms with Gasteiger partial charge in [0.1, 0.15) is 23.3 Å². The molecule has 0 radical (unpaired) electrons. The lowest BCUT2D eigenvalue weighted by Gasteiger charge is -2.37. The Morgan fingerprint density at radius 2 is 1.70 bits per heavy atom. The average Bonchev–Trinajstić information content (AvgIpc) is 3.39. The topological polar surface area (TPSA) is 89.0 Å². The number of nitrogens with two attached hydrogens (primary N) is 1. The number of nitrogen functional groups attached to an aromatic ring is 1. The van der Waals surface area contributed by atoms with Gasteiger partial charge in [0.2, 0.25) is 5.95 Å². The molecule has 0 amide bonds. The van der Waals surface area contributed by atoms with E-state index in [0.29, 0.717) is 55.6 Å². The number of aryl methyl sites for hydroxylation is 1. The summed E-state index contributed by atoms with van der Waals surface area (Å²) < 4.78 is 56.1. The number of alkyl halides is 3. The molecular weight excluding hydrogens is 488 g/mol. The summed E-state index contributed by atoms with van der Waals surface area (Å²) in [6.07, 6.45) is 0.956. The minimum atomic E-state index is -4.49. The first kappa shape index (κ1) is 24.5. The van der Waals surface area contributed by atoms with Gasteiger partial charge < -0.3 is 15.5 Å². The standard InChI is InChI=1S/C25H24F4N8/c1-2-21-31-8-9-37(21)24-33-20(16-5-6-18(26)19(30)14-16)15-22(34-24)35-10-12-36(13-11-35)23-17(25(27,28)29)4-3-7-32-23/h3-9,14-15H,2,10-13,30H2,1H3. The van der Waals surface area contributed by atoms with Crippen molar-refractivity contribution in [2.75, 3.05) is 41.7 Å². The normalized spacial score (nSPS) is 14.3. The fourth-order valence-corrected chi connectivity index (χ4v) is 4.34. The quantitative estimate of drug-likeness (QED) is 0.314. The van der Waals surface area contributed by atoms with E-state index in [2.05, 4.69) is 15.0 Å². The van der Waals surface area contributed by atoms with E-state index in [9.17, 15) is 17.6 Å². The molecule has 37 heavy (non-hydrogen) atoms. The Balaban J connectivity index is 1.48. The number of rotatable bonds is 5. The van der Waals surface area contributed by atoms with E-state index in [-0.39, 0.29) is 11.5 Å². The van der Waals surface area contributed by atoms with Crippen LogP contribution in [0.2, 0.25) is 0 Å². The highest BCUT2D eigenvalue weighted by atomic mass is 19.4. The van der Waals surface area contributed by atoms with Crippen LogP contribution in [0.5, 0.6) is 0 Å². The van der Waals surface area contributed by atoms with Gasteiger partial charge in [0, 0.05) is 62.8 Å². The van der Waals surface area contributed by atoms with Gasteiger partial charge in [-0.25, -0.2) is 19.3 Å². The highest BCUT2D eigenvalue weighted by Crippen LogP contribution is 2.36. The Morgan fingerprint density at radius 3 is 2.41 bits per heavy atom. The van der Waals surface area contributed by atoms with Crippen molar-refractivity contribution < 1.29 is 17.6 Å². The molecule has 0 saturated carbocycles. The minimum Gasteiger partial charge on any atom is -0.396 e. The van der Waals surface area contributed by atoms with Crippen molar-refractivity contribution in [3.63, 3.8) is 0 Å². The summed E-state index contributed by atoms with van der Waals surface area (Å²) >= 11 is 0. The number of aromatic nitrogens is 5. The minimum absolute atomic E-state index is 0.000495. The van der Waals surface area contributed by atoms with E-state index in [4.69, 9.17) is 10.7 Å². The number of piperazine rings is 1. The molecule has 1 saturated heterocycles. The lowest BCUT2D eigenvalue weighted by atomic mass is 10.1. The predicted octanol–water partition coefficient (Wildman–Crippen LogP) is 4.35. The highest BCUT2D eigenvalue weighted by Gasteiger charge is 2.36. The predicted molar refractivity (Wildman–Crippen MR) is 132 cm³/mol. The molecule has 1 aliphatic rings. The van der Waals surface area contributed by atoms with Crippen LogP contribution in [0.3, 0.4) is 0 Å². The zero-order chi connectivity index (χ0) is 26.2. The van der Waals surface area contributed by atoms with Crippen LogP contribution in [-0.2, 0) is 12.6 Å². The number of benzene rings is 1. The number of nitrogens with zero attached hydrogens (tertiary/aromatic N) is 7. The summed E-state index contributed by atoms with van der Waals surface area (Å²) in [5, 5.41) is 0. The first-order valence-electron chi connectivity index (χ1n) is 11.7. The fraction of sp³-hybridized carbons (Fsp3) is 0.280. The molecule has 0 atom stereocenters. The highest BCUT2D eigenvalue weighted by molar-refractivity contribution is 5.68. The molecule has 3 aromatic heterocycles. The van der Waals surface area contributed by atoms with Gasteiger partial charge in [-0.2, -0.15) is 18.2 Å². The number of halogens is 4. The molecule has 2 N–H and O–H groups in total. The van der Waals surface area contributed by atoms with Crippen LogP contribution in [0.15, 0.2) is 55.0 Å². The van der Waals surface area contributed by atoms with Crippen LogP contribution in [0.25, 0.3) is 17.2 Å². The molecule has 12 heteroatoms. The maximum atomic E-state index is 13.8. The second kappa shape index (κ2) is 9.68. The lowest BCUT2D eigenvalue weighted by Crippen LogP contribution is -2.47. The largest absolute Gasteiger partial charge is 0.419 e. The molecule has 1 fully saturated rings. The van der Waals surface area contributed by atoms with Crippen molar-refractivity contribution in [3.8, 4) is 17.2 Å². The molecule has 0 spiro atoms. The van der Waals surface area contributed by atoms with Gasteiger partial charge in [-0.3, -0.25) is 4.57 Å². The molecule has 0 aliphatic carbocycles. The van der Waals surface area contributed by atoms with E-state index in [1.54, 1.807) is 34.0 Å².